The van der Waals surface area contributed by atoms with Crippen LogP contribution < -0.4 is 0 Å². The molecule has 1 aliphatic heterocycles. The van der Waals surface area contributed by atoms with Crippen molar-refractivity contribution in [2.24, 2.45) is 0 Å². The number of sulfonamides is 1. The van der Waals surface area contributed by atoms with Crippen molar-refractivity contribution < 1.29 is 13.2 Å². The van der Waals surface area contributed by atoms with Gasteiger partial charge >= 0.3 is 0 Å². The van der Waals surface area contributed by atoms with E-state index in [0.29, 0.717) is 11.6 Å². The minimum Gasteiger partial charge on any atom is -0.330 e. The SMILES string of the molecule is O=C(CN(C1CC1)S(=O)(=O)C=Cc1ccccc1)N1CCc2sccc2C1c1ccc(Cl)cc1. The summed E-state index contributed by atoms with van der Waals surface area (Å²) in [5.41, 5.74) is 2.88. The summed E-state index contributed by atoms with van der Waals surface area (Å²) in [5.74, 6) is -0.180. The highest BCUT2D eigenvalue weighted by atomic mass is 35.5. The van der Waals surface area contributed by atoms with Gasteiger partial charge in [0.25, 0.3) is 0 Å². The number of benzene rings is 2. The monoisotopic (exact) mass is 512 g/mol. The van der Waals surface area contributed by atoms with Gasteiger partial charge < -0.3 is 4.90 Å². The zero-order chi connectivity index (χ0) is 23.7. The number of fused-ring (bicyclic) bond motifs is 1. The predicted molar refractivity (Wildman–Crippen MR) is 137 cm³/mol. The summed E-state index contributed by atoms with van der Waals surface area (Å²) in [4.78, 5) is 16.7. The highest BCUT2D eigenvalue weighted by Gasteiger charge is 2.40. The van der Waals surface area contributed by atoms with Gasteiger partial charge in [0, 0.05) is 27.9 Å². The van der Waals surface area contributed by atoms with Crippen LogP contribution in [0.4, 0.5) is 0 Å². The number of nitrogens with zero attached hydrogens (tertiary/aromatic N) is 2. The van der Waals surface area contributed by atoms with Crippen molar-refractivity contribution in [2.75, 3.05) is 13.1 Å². The molecular weight excluding hydrogens is 488 g/mol. The molecule has 1 aliphatic carbocycles. The molecule has 1 unspecified atom stereocenters. The number of hydrogen-bond acceptors (Lipinski definition) is 4. The molecule has 0 radical (unpaired) electrons. The minimum atomic E-state index is -3.74. The highest BCUT2D eigenvalue weighted by Crippen LogP contribution is 2.39. The van der Waals surface area contributed by atoms with Gasteiger partial charge in [-0.1, -0.05) is 54.1 Å². The lowest BCUT2D eigenvalue weighted by atomic mass is 9.93. The van der Waals surface area contributed by atoms with Crippen LogP contribution in [0.15, 0.2) is 71.5 Å². The lowest BCUT2D eigenvalue weighted by Gasteiger charge is -2.37. The highest BCUT2D eigenvalue weighted by molar-refractivity contribution is 7.92. The molecule has 1 aromatic heterocycles. The fraction of sp³-hybridized carbons (Fsp3) is 0.269. The van der Waals surface area contributed by atoms with Crippen molar-refractivity contribution in [3.63, 3.8) is 0 Å². The van der Waals surface area contributed by atoms with Crippen molar-refractivity contribution in [3.05, 3.63) is 98.0 Å². The first-order valence-corrected chi connectivity index (χ1v) is 14.0. The third-order valence-corrected chi connectivity index (χ3v) is 9.09. The van der Waals surface area contributed by atoms with Gasteiger partial charge in [-0.25, -0.2) is 8.42 Å². The number of halogens is 1. The summed E-state index contributed by atoms with van der Waals surface area (Å²) in [6, 6.07) is 18.5. The first-order chi connectivity index (χ1) is 16.4. The average molecular weight is 513 g/mol. The molecule has 5 rings (SSSR count). The third-order valence-electron chi connectivity index (χ3n) is 6.28. The van der Waals surface area contributed by atoms with E-state index in [-0.39, 0.29) is 24.5 Å². The van der Waals surface area contributed by atoms with Crippen LogP contribution in [0, 0.1) is 0 Å². The summed E-state index contributed by atoms with van der Waals surface area (Å²) in [7, 11) is -3.74. The Labute approximate surface area is 209 Å². The van der Waals surface area contributed by atoms with Crippen molar-refractivity contribution >= 4 is 44.9 Å². The van der Waals surface area contributed by atoms with E-state index >= 15 is 0 Å². The standard InChI is InChI=1S/C26H25ClN2O3S2/c27-21-8-6-20(7-9-21)26-23-13-16-33-24(23)12-15-28(26)25(30)18-29(22-10-11-22)34(31,32)17-14-19-4-2-1-3-5-19/h1-9,13-14,16-17,22,26H,10-12,15,18H2. The van der Waals surface area contributed by atoms with Gasteiger partial charge in [-0.05, 0) is 65.6 Å². The molecule has 1 atom stereocenters. The van der Waals surface area contributed by atoms with Gasteiger partial charge in [-0.3, -0.25) is 4.79 Å². The van der Waals surface area contributed by atoms with Crippen molar-refractivity contribution in [1.82, 2.24) is 9.21 Å². The molecule has 0 N–H and O–H groups in total. The predicted octanol–water partition coefficient (Wildman–Crippen LogP) is 5.34. The Kier molecular flexibility index (Phi) is 6.62. The van der Waals surface area contributed by atoms with Crippen LogP contribution in [0.3, 0.4) is 0 Å². The Hall–Kier alpha value is -2.45. The Balaban J connectivity index is 1.41. The molecule has 1 amide bonds. The van der Waals surface area contributed by atoms with Gasteiger partial charge in [0.2, 0.25) is 15.9 Å². The van der Waals surface area contributed by atoms with Crippen LogP contribution in [0.25, 0.3) is 6.08 Å². The number of amides is 1. The van der Waals surface area contributed by atoms with E-state index in [1.54, 1.807) is 17.4 Å². The van der Waals surface area contributed by atoms with E-state index in [1.165, 1.54) is 14.6 Å². The molecule has 8 heteroatoms. The third kappa shape index (κ3) is 4.98. The number of thiophene rings is 1. The van der Waals surface area contributed by atoms with E-state index < -0.39 is 10.0 Å². The van der Waals surface area contributed by atoms with Crippen LogP contribution in [-0.2, 0) is 21.2 Å². The Morgan fingerprint density at radius 1 is 1.09 bits per heavy atom. The molecule has 34 heavy (non-hydrogen) atoms. The maximum atomic E-state index is 13.6. The molecule has 3 aromatic rings. The summed E-state index contributed by atoms with van der Waals surface area (Å²) >= 11 is 7.80. The maximum absolute atomic E-state index is 13.6. The van der Waals surface area contributed by atoms with E-state index in [0.717, 1.165) is 36.0 Å². The Morgan fingerprint density at radius 2 is 1.82 bits per heavy atom. The van der Waals surface area contributed by atoms with E-state index in [1.807, 2.05) is 59.5 Å². The van der Waals surface area contributed by atoms with Gasteiger partial charge in [-0.2, -0.15) is 4.31 Å². The molecular formula is C26H25ClN2O3S2. The molecule has 5 nitrogen and oxygen atoms in total. The average Bonchev–Trinajstić information content (AvgIpc) is 3.57. The lowest BCUT2D eigenvalue weighted by Crippen LogP contribution is -2.47. The van der Waals surface area contributed by atoms with Crippen molar-refractivity contribution in [3.8, 4) is 0 Å². The largest absolute Gasteiger partial charge is 0.330 e. The molecule has 0 bridgehead atoms. The Bertz CT molecular complexity index is 1300. The maximum Gasteiger partial charge on any atom is 0.238 e. The molecule has 176 valence electrons. The smallest absolute Gasteiger partial charge is 0.238 e. The molecule has 0 saturated heterocycles. The van der Waals surface area contributed by atoms with Gasteiger partial charge in [-0.15, -0.1) is 11.3 Å². The first-order valence-electron chi connectivity index (χ1n) is 11.3. The molecule has 1 saturated carbocycles. The second kappa shape index (κ2) is 9.66. The fourth-order valence-electron chi connectivity index (χ4n) is 4.41. The zero-order valence-corrected chi connectivity index (χ0v) is 20.9. The zero-order valence-electron chi connectivity index (χ0n) is 18.5. The van der Waals surface area contributed by atoms with E-state index in [9.17, 15) is 13.2 Å². The van der Waals surface area contributed by atoms with Gasteiger partial charge in [0.1, 0.15) is 0 Å². The van der Waals surface area contributed by atoms with Crippen molar-refractivity contribution in [2.45, 2.75) is 31.3 Å². The number of rotatable bonds is 7. The second-order valence-corrected chi connectivity index (χ2v) is 11.8. The van der Waals surface area contributed by atoms with Gasteiger partial charge in [0.05, 0.1) is 12.6 Å². The quantitative estimate of drug-likeness (QED) is 0.429. The second-order valence-electron chi connectivity index (χ2n) is 8.63. The molecule has 2 aliphatic rings. The van der Waals surface area contributed by atoms with Crippen LogP contribution in [-0.4, -0.2) is 42.7 Å². The summed E-state index contributed by atoms with van der Waals surface area (Å²) in [6.45, 7) is 0.397. The molecule has 1 fully saturated rings. The van der Waals surface area contributed by atoms with Crippen molar-refractivity contribution in [1.29, 1.82) is 0 Å². The van der Waals surface area contributed by atoms with Crippen LogP contribution in [0.2, 0.25) is 5.02 Å². The molecule has 0 spiro atoms. The lowest BCUT2D eigenvalue weighted by molar-refractivity contribution is -0.133. The number of carbonyl (C=O) groups is 1. The van der Waals surface area contributed by atoms with Gasteiger partial charge in [0.15, 0.2) is 0 Å². The number of carbonyl (C=O) groups excluding carboxylic acids is 1. The van der Waals surface area contributed by atoms with Crippen LogP contribution in [0.5, 0.6) is 0 Å². The number of hydrogen-bond donors (Lipinski definition) is 0. The fourth-order valence-corrected chi connectivity index (χ4v) is 6.84. The Morgan fingerprint density at radius 3 is 2.53 bits per heavy atom. The van der Waals surface area contributed by atoms with Crippen LogP contribution >= 0.6 is 22.9 Å². The summed E-state index contributed by atoms with van der Waals surface area (Å²) < 4.78 is 27.8. The van der Waals surface area contributed by atoms with E-state index in [2.05, 4.69) is 11.4 Å². The van der Waals surface area contributed by atoms with E-state index in [4.69, 9.17) is 11.6 Å². The summed E-state index contributed by atoms with van der Waals surface area (Å²) in [5, 5.41) is 3.91. The topological polar surface area (TPSA) is 57.7 Å². The molecule has 2 heterocycles. The summed E-state index contributed by atoms with van der Waals surface area (Å²) in [6.07, 6.45) is 3.92. The minimum absolute atomic E-state index is 0.121. The van der Waals surface area contributed by atoms with Crippen LogP contribution in [0.1, 0.15) is 40.5 Å². The first kappa shape index (κ1) is 23.3. The molecule has 2 aromatic carbocycles. The normalized spacial score (nSPS) is 18.4.